The van der Waals surface area contributed by atoms with Crippen molar-refractivity contribution in [3.63, 3.8) is 0 Å². The van der Waals surface area contributed by atoms with Crippen molar-refractivity contribution in [2.24, 2.45) is 56.2 Å². The molecule has 0 aliphatic heterocycles. The summed E-state index contributed by atoms with van der Waals surface area (Å²) in [5.41, 5.74) is 1.17. The molecule has 9 atom stereocenters. The highest BCUT2D eigenvalue weighted by molar-refractivity contribution is 6.30. The number of benzene rings is 1. The van der Waals surface area contributed by atoms with Crippen LogP contribution < -0.4 is 5.32 Å². The van der Waals surface area contributed by atoms with Crippen LogP contribution in [0.1, 0.15) is 153 Å². The van der Waals surface area contributed by atoms with Crippen molar-refractivity contribution in [3.05, 3.63) is 46.0 Å². The fraction of sp³-hybridized carbons (Fsp3) is 0.771. The van der Waals surface area contributed by atoms with Gasteiger partial charge < -0.3 is 19.9 Å². The van der Waals surface area contributed by atoms with E-state index in [2.05, 4.69) is 53.8 Å². The third-order valence-corrected chi connectivity index (χ3v) is 16.7. The Balaban J connectivity index is 1.22. The van der Waals surface area contributed by atoms with E-state index in [9.17, 15) is 19.5 Å². The smallest absolute Gasteiger partial charge is 0.312 e. The Morgan fingerprint density at radius 3 is 2.18 bits per heavy atom. The number of rotatable bonds is 10. The van der Waals surface area contributed by atoms with E-state index in [4.69, 9.17) is 21.1 Å². The molecule has 1 aromatic rings. The summed E-state index contributed by atoms with van der Waals surface area (Å²) < 4.78 is 12.0. The van der Waals surface area contributed by atoms with Gasteiger partial charge in [-0.2, -0.15) is 0 Å². The van der Waals surface area contributed by atoms with Gasteiger partial charge in [-0.25, -0.2) is 0 Å². The number of esters is 2. The summed E-state index contributed by atoms with van der Waals surface area (Å²) in [7, 11) is 0. The summed E-state index contributed by atoms with van der Waals surface area (Å²) in [6.07, 6.45) is 7.45. The summed E-state index contributed by atoms with van der Waals surface area (Å²) in [6.45, 7) is 26.7. The predicted octanol–water partition coefficient (Wildman–Crippen LogP) is 10.4. The number of hydrogen-bond acceptors (Lipinski definition) is 7. The molecule has 4 saturated carbocycles. The van der Waals surface area contributed by atoms with E-state index in [1.165, 1.54) is 5.57 Å². The quantitative estimate of drug-likeness (QED) is 0.227. The van der Waals surface area contributed by atoms with E-state index in [1.807, 2.05) is 45.0 Å². The van der Waals surface area contributed by atoms with Crippen LogP contribution in [0, 0.1) is 56.2 Å². The number of aliphatic hydroxyl groups excluding tert-OH is 1. The van der Waals surface area contributed by atoms with Gasteiger partial charge in [-0.1, -0.05) is 77.8 Å². The van der Waals surface area contributed by atoms with E-state index in [-0.39, 0.29) is 63.7 Å². The first-order valence-corrected chi connectivity index (χ1v) is 22.0. The first kappa shape index (κ1) is 43.4. The number of Topliss-reactive ketones (excluding diaryl/α,β-unsaturated/α-hetero) is 1. The molecule has 5 aliphatic carbocycles. The molecule has 5 aliphatic rings. The van der Waals surface area contributed by atoms with Gasteiger partial charge in [0.15, 0.2) is 5.78 Å². The van der Waals surface area contributed by atoms with Crippen LogP contribution in [0.2, 0.25) is 5.02 Å². The van der Waals surface area contributed by atoms with Crippen molar-refractivity contribution in [3.8, 4) is 0 Å². The van der Waals surface area contributed by atoms with Crippen LogP contribution in [-0.4, -0.2) is 47.2 Å². The molecule has 2 unspecified atom stereocenters. The first-order valence-electron chi connectivity index (χ1n) is 21.7. The monoisotopic (exact) mass is 794 g/mol. The summed E-state index contributed by atoms with van der Waals surface area (Å²) in [5.74, 6) is 0.776. The number of ether oxygens (including phenoxy) is 2. The summed E-state index contributed by atoms with van der Waals surface area (Å²) in [6, 6.07) is 7.81. The zero-order valence-corrected chi connectivity index (χ0v) is 37.4. The maximum absolute atomic E-state index is 14.1. The first-order chi connectivity index (χ1) is 25.8. The number of ketones is 1. The molecule has 0 heterocycles. The van der Waals surface area contributed by atoms with Gasteiger partial charge in [0.2, 0.25) is 0 Å². The fourth-order valence-corrected chi connectivity index (χ4v) is 13.6. The van der Waals surface area contributed by atoms with Gasteiger partial charge in [-0.05, 0) is 149 Å². The SMILES string of the molecule is CC(C)C1=C2C3CC[C@H]4C(C)(CC[C@@H]5C(C)(C)[C@@H](OC(=O)CC(C)(C)C(=O)OC(C)(C)C)CC[C@@]54C)[C@]3(C)CC[C@@]2([C@@H](O)CNCc2ccc(Cl)cc2)CC1=O. The molecule has 2 N–H and O–H groups in total. The van der Waals surface area contributed by atoms with Gasteiger partial charge in [0.25, 0.3) is 0 Å². The second kappa shape index (κ2) is 14.8. The Morgan fingerprint density at radius 2 is 1.55 bits per heavy atom. The van der Waals surface area contributed by atoms with Crippen LogP contribution >= 0.6 is 11.6 Å². The number of fused-ring (bicyclic) bond motifs is 7. The molecule has 4 fully saturated rings. The molecule has 0 radical (unpaired) electrons. The molecule has 56 heavy (non-hydrogen) atoms. The Bertz CT molecular complexity index is 1720. The summed E-state index contributed by atoms with van der Waals surface area (Å²) >= 11 is 6.12. The minimum Gasteiger partial charge on any atom is -0.462 e. The highest BCUT2D eigenvalue weighted by Crippen LogP contribution is 2.77. The summed E-state index contributed by atoms with van der Waals surface area (Å²) in [4.78, 5) is 40.6. The summed E-state index contributed by atoms with van der Waals surface area (Å²) in [5, 5.41) is 16.4. The van der Waals surface area contributed by atoms with E-state index >= 15 is 0 Å². The zero-order chi connectivity index (χ0) is 41.4. The molecule has 8 heteroatoms. The number of halogens is 1. The molecule has 0 aromatic heterocycles. The van der Waals surface area contributed by atoms with Gasteiger partial charge in [0.1, 0.15) is 11.7 Å². The number of carbonyl (C=O) groups excluding carboxylic acids is 3. The molecule has 1 aromatic carbocycles. The number of aliphatic hydroxyl groups is 1. The lowest BCUT2D eigenvalue weighted by atomic mass is 9.33. The van der Waals surface area contributed by atoms with Gasteiger partial charge in [0, 0.05) is 35.4 Å². The molecular weight excluding hydrogens is 722 g/mol. The van der Waals surface area contributed by atoms with Crippen molar-refractivity contribution in [1.29, 1.82) is 0 Å². The third-order valence-electron chi connectivity index (χ3n) is 16.5. The molecule has 312 valence electrons. The molecule has 0 spiro atoms. The highest BCUT2D eigenvalue weighted by atomic mass is 35.5. The molecule has 0 saturated heterocycles. The molecule has 6 rings (SSSR count). The van der Waals surface area contributed by atoms with Crippen LogP contribution in [-0.2, 0) is 30.4 Å². The highest BCUT2D eigenvalue weighted by Gasteiger charge is 2.70. The van der Waals surface area contributed by atoms with Gasteiger partial charge in [0.05, 0.1) is 17.9 Å². The van der Waals surface area contributed by atoms with Crippen LogP contribution in [0.4, 0.5) is 0 Å². The second-order valence-corrected chi connectivity index (χ2v) is 22.5. The maximum atomic E-state index is 14.1. The van der Waals surface area contributed by atoms with E-state index in [1.54, 1.807) is 13.8 Å². The maximum Gasteiger partial charge on any atom is 0.312 e. The predicted molar refractivity (Wildman–Crippen MR) is 223 cm³/mol. The number of hydrogen-bond donors (Lipinski definition) is 2. The average Bonchev–Trinajstić information content (AvgIpc) is 3.39. The lowest BCUT2D eigenvalue weighted by Gasteiger charge is -2.72. The minimum absolute atomic E-state index is 0.00928. The van der Waals surface area contributed by atoms with Crippen LogP contribution in [0.3, 0.4) is 0 Å². The lowest BCUT2D eigenvalue weighted by Crippen LogP contribution is -2.66. The Kier molecular flexibility index (Phi) is 11.5. The Morgan fingerprint density at radius 1 is 0.893 bits per heavy atom. The normalized spacial score (nSPS) is 35.9. The molecular formula is C48H72ClNO6. The van der Waals surface area contributed by atoms with E-state index in [0.717, 1.165) is 62.5 Å². The van der Waals surface area contributed by atoms with E-state index < -0.39 is 22.5 Å². The molecule has 0 bridgehead atoms. The zero-order valence-electron chi connectivity index (χ0n) is 36.6. The fourth-order valence-electron chi connectivity index (χ4n) is 13.5. The van der Waals surface area contributed by atoms with Crippen molar-refractivity contribution in [2.45, 2.75) is 172 Å². The number of carbonyl (C=O) groups is 3. The van der Waals surface area contributed by atoms with Crippen LogP contribution in [0.15, 0.2) is 35.4 Å². The van der Waals surface area contributed by atoms with Gasteiger partial charge in [-0.15, -0.1) is 0 Å². The Labute approximate surface area is 342 Å². The average molecular weight is 795 g/mol. The van der Waals surface area contributed by atoms with Crippen molar-refractivity contribution < 1.29 is 29.0 Å². The lowest BCUT2D eigenvalue weighted by molar-refractivity contribution is -0.235. The third kappa shape index (κ3) is 7.24. The second-order valence-electron chi connectivity index (χ2n) is 22.0. The van der Waals surface area contributed by atoms with Gasteiger partial charge >= 0.3 is 11.9 Å². The topological polar surface area (TPSA) is 102 Å². The van der Waals surface area contributed by atoms with E-state index in [0.29, 0.717) is 36.4 Å². The number of nitrogens with one attached hydrogen (secondary N) is 1. The Hall–Kier alpha value is -2.22. The standard InChI is InChI=1S/C48H72ClNO6/c1-29(2)39-33(51)25-48(36(52)28-50-27-30-13-15-31(49)16-14-30)24-23-46(11)32(40(39)48)17-18-35-45(10)21-20-37(44(8,9)34(45)19-22-47(35,46)12)55-38(53)26-43(6,7)41(54)56-42(3,4)5/h13-16,29,32,34-37,50,52H,17-28H2,1-12H3/t32?,34-,35-,36+,37+,45+,46-,47?,48+/m1/s1. The van der Waals surface area contributed by atoms with Gasteiger partial charge in [-0.3, -0.25) is 14.4 Å². The van der Waals surface area contributed by atoms with Crippen molar-refractivity contribution >= 4 is 29.3 Å². The van der Waals surface area contributed by atoms with Crippen LogP contribution in [0.5, 0.6) is 0 Å². The van der Waals surface area contributed by atoms with Crippen LogP contribution in [0.25, 0.3) is 0 Å². The molecule has 7 nitrogen and oxygen atoms in total. The van der Waals surface area contributed by atoms with Crippen molar-refractivity contribution in [1.82, 2.24) is 5.32 Å². The number of allylic oxidation sites excluding steroid dienone is 1. The molecule has 0 amide bonds. The minimum atomic E-state index is -0.977. The van der Waals surface area contributed by atoms with Crippen molar-refractivity contribution in [2.75, 3.05) is 6.54 Å². The largest absolute Gasteiger partial charge is 0.462 e.